The summed E-state index contributed by atoms with van der Waals surface area (Å²) in [4.78, 5) is 16.9. The minimum absolute atomic E-state index is 0.0752. The molecule has 0 fully saturated rings. The Balaban J connectivity index is 2.38. The number of nitrogens with zero attached hydrogens (tertiary/aromatic N) is 1. The van der Waals surface area contributed by atoms with Crippen LogP contribution in [0.2, 0.25) is 0 Å². The molecule has 0 aliphatic heterocycles. The highest BCUT2D eigenvalue weighted by atomic mass is 16.1. The number of carbonyl (C=O) groups excluding carboxylic acids is 1. The van der Waals surface area contributed by atoms with Gasteiger partial charge in [-0.15, -0.1) is 0 Å². The number of rotatable bonds is 6. The van der Waals surface area contributed by atoms with E-state index in [2.05, 4.69) is 4.99 Å². The number of benzene rings is 2. The molecule has 0 aliphatic rings. The molecule has 2 aromatic carbocycles. The summed E-state index contributed by atoms with van der Waals surface area (Å²) in [5.74, 6) is -0.254. The van der Waals surface area contributed by atoms with E-state index in [-0.39, 0.29) is 11.7 Å². The fourth-order valence-electron chi connectivity index (χ4n) is 2.36. The Bertz CT molecular complexity index is 633. The third-order valence-electron chi connectivity index (χ3n) is 3.40. The first-order valence-electron chi connectivity index (χ1n) is 6.88. The SMILES string of the molecule is CN=C(C(=O)c1ccccc1)C(CC=N)c1ccccc1. The Morgan fingerprint density at radius 1 is 1.10 bits per heavy atom. The number of aliphatic imine (C=N–C) groups is 1. The van der Waals surface area contributed by atoms with E-state index in [4.69, 9.17) is 5.41 Å². The lowest BCUT2D eigenvalue weighted by atomic mass is 9.87. The maximum absolute atomic E-state index is 12.7. The number of hydrogen-bond donors (Lipinski definition) is 1. The molecule has 0 bridgehead atoms. The first-order valence-corrected chi connectivity index (χ1v) is 6.88. The molecular formula is C18H18N2O. The van der Waals surface area contributed by atoms with Crippen LogP contribution in [0.3, 0.4) is 0 Å². The molecule has 21 heavy (non-hydrogen) atoms. The van der Waals surface area contributed by atoms with E-state index in [1.54, 1.807) is 19.2 Å². The molecule has 2 rings (SSSR count). The van der Waals surface area contributed by atoms with Gasteiger partial charge in [0.2, 0.25) is 5.78 Å². The third-order valence-corrected chi connectivity index (χ3v) is 3.40. The highest BCUT2D eigenvalue weighted by molar-refractivity contribution is 6.47. The van der Waals surface area contributed by atoms with Gasteiger partial charge >= 0.3 is 0 Å². The van der Waals surface area contributed by atoms with Gasteiger partial charge in [0.05, 0.1) is 5.71 Å². The number of Topliss-reactive ketones (excluding diaryl/α,β-unsaturated/α-hetero) is 1. The lowest BCUT2D eigenvalue weighted by Crippen LogP contribution is -2.23. The van der Waals surface area contributed by atoms with E-state index in [9.17, 15) is 4.79 Å². The van der Waals surface area contributed by atoms with Gasteiger partial charge in [0, 0.05) is 18.5 Å². The molecule has 1 N–H and O–H groups in total. The maximum atomic E-state index is 12.7. The van der Waals surface area contributed by atoms with Crippen molar-refractivity contribution in [2.75, 3.05) is 7.05 Å². The summed E-state index contributed by atoms with van der Waals surface area (Å²) in [5, 5.41) is 7.41. The van der Waals surface area contributed by atoms with Gasteiger partial charge in [-0.05, 0) is 18.2 Å². The predicted octanol–water partition coefficient (Wildman–Crippen LogP) is 3.76. The normalized spacial score (nSPS) is 12.7. The van der Waals surface area contributed by atoms with Crippen LogP contribution in [-0.2, 0) is 0 Å². The predicted molar refractivity (Wildman–Crippen MR) is 86.7 cm³/mol. The first kappa shape index (κ1) is 14.9. The number of nitrogens with one attached hydrogen (secondary N) is 1. The molecule has 106 valence electrons. The van der Waals surface area contributed by atoms with Crippen molar-refractivity contribution >= 4 is 17.7 Å². The van der Waals surface area contributed by atoms with Crippen LogP contribution < -0.4 is 0 Å². The van der Waals surface area contributed by atoms with Crippen molar-refractivity contribution in [3.8, 4) is 0 Å². The van der Waals surface area contributed by atoms with Crippen molar-refractivity contribution in [3.63, 3.8) is 0 Å². The van der Waals surface area contributed by atoms with E-state index in [1.807, 2.05) is 48.5 Å². The van der Waals surface area contributed by atoms with Gasteiger partial charge in [-0.1, -0.05) is 60.7 Å². The summed E-state index contributed by atoms with van der Waals surface area (Å²) in [6, 6.07) is 18.9. The zero-order valence-electron chi connectivity index (χ0n) is 12.0. The van der Waals surface area contributed by atoms with Gasteiger partial charge in [-0.3, -0.25) is 9.79 Å². The monoisotopic (exact) mass is 278 g/mol. The molecule has 2 aromatic rings. The van der Waals surface area contributed by atoms with Crippen LogP contribution in [0.1, 0.15) is 28.3 Å². The van der Waals surface area contributed by atoms with Crippen molar-refractivity contribution in [1.82, 2.24) is 0 Å². The van der Waals surface area contributed by atoms with E-state index in [0.717, 1.165) is 5.56 Å². The van der Waals surface area contributed by atoms with Gasteiger partial charge in [-0.25, -0.2) is 0 Å². The van der Waals surface area contributed by atoms with Gasteiger partial charge in [0.25, 0.3) is 0 Å². The van der Waals surface area contributed by atoms with Crippen molar-refractivity contribution in [2.24, 2.45) is 4.99 Å². The molecule has 0 heterocycles. The number of carbonyl (C=O) groups is 1. The van der Waals surface area contributed by atoms with Gasteiger partial charge < -0.3 is 5.41 Å². The van der Waals surface area contributed by atoms with Gasteiger partial charge in [0.1, 0.15) is 0 Å². The van der Waals surface area contributed by atoms with Crippen molar-refractivity contribution in [2.45, 2.75) is 12.3 Å². The lowest BCUT2D eigenvalue weighted by Gasteiger charge is -2.17. The Hall–Kier alpha value is -2.55. The zero-order valence-corrected chi connectivity index (χ0v) is 12.0. The molecule has 1 atom stereocenters. The Labute approximate surface area is 124 Å². The summed E-state index contributed by atoms with van der Waals surface area (Å²) >= 11 is 0. The van der Waals surface area contributed by atoms with E-state index in [1.165, 1.54) is 6.21 Å². The second-order valence-electron chi connectivity index (χ2n) is 4.71. The molecule has 0 saturated carbocycles. The Morgan fingerprint density at radius 2 is 1.67 bits per heavy atom. The summed E-state index contributed by atoms with van der Waals surface area (Å²) in [7, 11) is 1.63. The van der Waals surface area contributed by atoms with E-state index >= 15 is 0 Å². The highest BCUT2D eigenvalue weighted by Crippen LogP contribution is 2.22. The van der Waals surface area contributed by atoms with Crippen LogP contribution in [0.4, 0.5) is 0 Å². The van der Waals surface area contributed by atoms with Crippen LogP contribution in [0, 0.1) is 5.41 Å². The fraction of sp³-hybridized carbons (Fsp3) is 0.167. The van der Waals surface area contributed by atoms with Crippen LogP contribution in [-0.4, -0.2) is 24.8 Å². The topological polar surface area (TPSA) is 53.3 Å². The molecule has 0 radical (unpaired) electrons. The summed E-state index contributed by atoms with van der Waals surface area (Å²) in [6.45, 7) is 0. The summed E-state index contributed by atoms with van der Waals surface area (Å²) in [5.41, 5.74) is 2.13. The van der Waals surface area contributed by atoms with Crippen LogP contribution >= 0.6 is 0 Å². The van der Waals surface area contributed by atoms with Crippen LogP contribution in [0.15, 0.2) is 65.7 Å². The molecule has 0 amide bonds. The molecule has 0 aliphatic carbocycles. The summed E-state index contributed by atoms with van der Waals surface area (Å²) < 4.78 is 0. The van der Waals surface area contributed by atoms with Crippen molar-refractivity contribution in [1.29, 1.82) is 5.41 Å². The summed E-state index contributed by atoms with van der Waals surface area (Å²) in [6.07, 6.45) is 1.80. The van der Waals surface area contributed by atoms with Gasteiger partial charge in [-0.2, -0.15) is 0 Å². The lowest BCUT2D eigenvalue weighted by molar-refractivity contribution is 0.106. The largest absolute Gasteiger partial charge is 0.313 e. The fourth-order valence-corrected chi connectivity index (χ4v) is 2.36. The van der Waals surface area contributed by atoms with Gasteiger partial charge in [0.15, 0.2) is 0 Å². The molecular weight excluding hydrogens is 260 g/mol. The minimum atomic E-state index is -0.179. The number of hydrogen-bond acceptors (Lipinski definition) is 3. The minimum Gasteiger partial charge on any atom is -0.313 e. The standard InChI is InChI=1S/C18H18N2O/c1-20-17(18(21)15-10-6-3-7-11-15)16(12-13-19)14-8-4-2-5-9-14/h2-11,13,16,19H,12H2,1H3. The maximum Gasteiger partial charge on any atom is 0.207 e. The molecule has 3 nitrogen and oxygen atoms in total. The first-order chi connectivity index (χ1) is 10.3. The Morgan fingerprint density at radius 3 is 2.19 bits per heavy atom. The van der Waals surface area contributed by atoms with Crippen LogP contribution in [0.5, 0.6) is 0 Å². The zero-order chi connectivity index (χ0) is 15.1. The molecule has 0 spiro atoms. The second-order valence-corrected chi connectivity index (χ2v) is 4.71. The van der Waals surface area contributed by atoms with E-state index in [0.29, 0.717) is 17.7 Å². The third kappa shape index (κ3) is 3.51. The molecule has 0 aromatic heterocycles. The van der Waals surface area contributed by atoms with E-state index < -0.39 is 0 Å². The quantitative estimate of drug-likeness (QED) is 0.634. The second kappa shape index (κ2) is 7.29. The number of ketones is 1. The molecule has 3 heteroatoms. The average molecular weight is 278 g/mol. The molecule has 0 saturated heterocycles. The smallest absolute Gasteiger partial charge is 0.207 e. The van der Waals surface area contributed by atoms with Crippen molar-refractivity contribution in [3.05, 3.63) is 71.8 Å². The Kier molecular flexibility index (Phi) is 5.16. The molecule has 1 unspecified atom stereocenters. The average Bonchev–Trinajstić information content (AvgIpc) is 2.56. The van der Waals surface area contributed by atoms with Crippen molar-refractivity contribution < 1.29 is 4.79 Å². The van der Waals surface area contributed by atoms with Crippen LogP contribution in [0.25, 0.3) is 0 Å². The highest BCUT2D eigenvalue weighted by Gasteiger charge is 2.24.